The minimum atomic E-state index is -9.56. The van der Waals surface area contributed by atoms with E-state index in [0.717, 1.165) is 5.56 Å². The van der Waals surface area contributed by atoms with Gasteiger partial charge in [0.15, 0.2) is 0 Å². The monoisotopic (exact) mass is 314 g/mol. The Morgan fingerprint density at radius 1 is 0.950 bits per heavy atom. The van der Waals surface area contributed by atoms with Crippen LogP contribution in [0, 0.1) is 11.2 Å². The normalized spacial score (nSPS) is 14.8. The summed E-state index contributed by atoms with van der Waals surface area (Å²) < 4.78 is 64.5. The molecule has 1 nitrogen and oxygen atoms in total. The third-order valence-electron chi connectivity index (χ3n) is 2.22. The maximum atomic E-state index is 11.8. The van der Waals surface area contributed by atoms with Gasteiger partial charge in [0.1, 0.15) is 0 Å². The molecule has 0 radical (unpaired) electrons. The summed E-state index contributed by atoms with van der Waals surface area (Å²) in [6.07, 6.45) is 0.539. The van der Waals surface area contributed by atoms with E-state index in [1.165, 1.54) is 5.92 Å². The standard InChI is InChI=1S/C13H15F5OS/c14-20(15,16,17,18)11-7-2-1-6-10-19-12-13-8-4-3-5-9-13/h3-5,8-9H,1-2,6,10,12H2. The Hall–Kier alpha value is -1.26. The topological polar surface area (TPSA) is 9.23 Å². The van der Waals surface area contributed by atoms with Crippen molar-refractivity contribution in [1.29, 1.82) is 0 Å². The maximum Gasteiger partial charge on any atom is 0.345 e. The summed E-state index contributed by atoms with van der Waals surface area (Å²) in [5.41, 5.74) is 0.994. The van der Waals surface area contributed by atoms with Gasteiger partial charge in [-0.3, -0.25) is 0 Å². The first-order valence-electron chi connectivity index (χ1n) is 5.92. The van der Waals surface area contributed by atoms with Gasteiger partial charge in [0.25, 0.3) is 0 Å². The van der Waals surface area contributed by atoms with E-state index in [0.29, 0.717) is 19.6 Å². The van der Waals surface area contributed by atoms with Crippen LogP contribution in [0.2, 0.25) is 0 Å². The molecule has 7 heteroatoms. The molecule has 0 aliphatic carbocycles. The average Bonchev–Trinajstić information content (AvgIpc) is 2.31. The second kappa shape index (κ2) is 5.62. The predicted octanol–water partition coefficient (Wildman–Crippen LogP) is 5.63. The highest BCUT2D eigenvalue weighted by atomic mass is 32.5. The smallest absolute Gasteiger partial charge is 0.345 e. The SMILES string of the molecule is FS(F)(F)(F)(F)C#CCCCCOCc1ccccc1. The van der Waals surface area contributed by atoms with E-state index < -0.39 is 10.2 Å². The van der Waals surface area contributed by atoms with Crippen molar-refractivity contribution in [3.63, 3.8) is 0 Å². The van der Waals surface area contributed by atoms with Gasteiger partial charge >= 0.3 is 10.2 Å². The molecule has 1 rings (SSSR count). The lowest BCUT2D eigenvalue weighted by atomic mass is 10.2. The Morgan fingerprint density at radius 3 is 2.20 bits per heavy atom. The van der Waals surface area contributed by atoms with Crippen molar-refractivity contribution in [1.82, 2.24) is 0 Å². The van der Waals surface area contributed by atoms with Crippen LogP contribution in [0.25, 0.3) is 0 Å². The number of ether oxygens (including phenoxy) is 1. The molecule has 114 valence electrons. The molecule has 1 aromatic rings. The molecule has 0 bridgehead atoms. The summed E-state index contributed by atoms with van der Waals surface area (Å²) in [4.78, 5) is 0. The van der Waals surface area contributed by atoms with Gasteiger partial charge in [-0.05, 0) is 18.4 Å². The van der Waals surface area contributed by atoms with Gasteiger partial charge in [-0.25, -0.2) is 0 Å². The first-order valence-corrected chi connectivity index (χ1v) is 7.87. The second-order valence-corrected chi connectivity index (χ2v) is 6.39. The molecule has 0 heterocycles. The quantitative estimate of drug-likeness (QED) is 0.375. The molecule has 0 N–H and O–H groups in total. The molecule has 0 spiro atoms. The van der Waals surface area contributed by atoms with Crippen LogP contribution in [-0.4, -0.2) is 6.61 Å². The van der Waals surface area contributed by atoms with E-state index in [9.17, 15) is 19.4 Å². The Balaban J connectivity index is 2.14. The molecule has 0 aliphatic heterocycles. The van der Waals surface area contributed by atoms with Gasteiger partial charge in [-0.15, -0.1) is 0 Å². The van der Waals surface area contributed by atoms with Crippen LogP contribution in [0.4, 0.5) is 19.4 Å². The van der Waals surface area contributed by atoms with Crippen molar-refractivity contribution in [2.24, 2.45) is 0 Å². The van der Waals surface area contributed by atoms with E-state index in [4.69, 9.17) is 4.74 Å². The fourth-order valence-electron chi connectivity index (χ4n) is 1.37. The zero-order valence-electron chi connectivity index (χ0n) is 10.6. The van der Waals surface area contributed by atoms with E-state index in [1.54, 1.807) is 0 Å². The number of unbranched alkanes of at least 4 members (excludes halogenated alkanes) is 2. The summed E-state index contributed by atoms with van der Waals surface area (Å²) in [6, 6.07) is 9.39. The lowest BCUT2D eigenvalue weighted by molar-refractivity contribution is 0.117. The molecular weight excluding hydrogens is 299 g/mol. The van der Waals surface area contributed by atoms with Crippen LogP contribution < -0.4 is 0 Å². The van der Waals surface area contributed by atoms with Gasteiger partial charge in [0.2, 0.25) is 0 Å². The third-order valence-corrected chi connectivity index (χ3v) is 2.75. The van der Waals surface area contributed by atoms with E-state index in [-0.39, 0.29) is 18.1 Å². The minimum absolute atomic E-state index is 0.185. The van der Waals surface area contributed by atoms with Gasteiger partial charge in [0, 0.05) is 13.0 Å². The number of rotatable bonds is 6. The first kappa shape index (κ1) is 16.8. The van der Waals surface area contributed by atoms with Gasteiger partial charge in [0.05, 0.1) is 11.9 Å². The first-order chi connectivity index (χ1) is 9.05. The van der Waals surface area contributed by atoms with Gasteiger partial charge in [-0.2, -0.15) is 0 Å². The maximum absolute atomic E-state index is 11.8. The lowest BCUT2D eigenvalue weighted by Gasteiger charge is -2.33. The van der Waals surface area contributed by atoms with Crippen molar-refractivity contribution in [3.05, 3.63) is 35.9 Å². The number of hydrogen-bond donors (Lipinski definition) is 0. The lowest BCUT2D eigenvalue weighted by Crippen LogP contribution is -2.00. The summed E-state index contributed by atoms with van der Waals surface area (Å²) in [7, 11) is -9.56. The Labute approximate surface area is 114 Å². The van der Waals surface area contributed by atoms with Crippen LogP contribution >= 0.6 is 10.2 Å². The number of hydrogen-bond acceptors (Lipinski definition) is 1. The predicted molar refractivity (Wildman–Crippen MR) is 70.9 cm³/mol. The Morgan fingerprint density at radius 2 is 1.60 bits per heavy atom. The van der Waals surface area contributed by atoms with Crippen molar-refractivity contribution < 1.29 is 24.2 Å². The summed E-state index contributed by atoms with van der Waals surface area (Å²) in [5, 5.41) is 0.185. The average molecular weight is 314 g/mol. The van der Waals surface area contributed by atoms with Crippen LogP contribution in [0.5, 0.6) is 0 Å². The molecule has 0 saturated carbocycles. The van der Waals surface area contributed by atoms with E-state index in [1.807, 2.05) is 30.3 Å². The molecule has 20 heavy (non-hydrogen) atoms. The second-order valence-electron chi connectivity index (χ2n) is 4.24. The molecule has 0 aliphatic rings. The fraction of sp³-hybridized carbons (Fsp3) is 0.385. The fourth-order valence-corrected chi connectivity index (χ4v) is 1.74. The van der Waals surface area contributed by atoms with Crippen LogP contribution in [0.1, 0.15) is 24.8 Å². The van der Waals surface area contributed by atoms with Crippen LogP contribution in [-0.2, 0) is 11.3 Å². The highest BCUT2D eigenvalue weighted by Gasteiger charge is 2.62. The van der Waals surface area contributed by atoms with Crippen molar-refractivity contribution in [2.75, 3.05) is 6.61 Å². The molecule has 0 aromatic heterocycles. The summed E-state index contributed by atoms with van der Waals surface area (Å²) >= 11 is 0. The van der Waals surface area contributed by atoms with Crippen molar-refractivity contribution >= 4 is 10.2 Å². The number of benzene rings is 1. The van der Waals surface area contributed by atoms with Crippen LogP contribution in [0.15, 0.2) is 30.3 Å². The minimum Gasteiger partial charge on any atom is -0.377 e. The zero-order valence-corrected chi connectivity index (χ0v) is 11.4. The molecule has 1 aromatic carbocycles. The van der Waals surface area contributed by atoms with Gasteiger partial charge < -0.3 is 4.74 Å². The van der Waals surface area contributed by atoms with E-state index >= 15 is 0 Å². The Bertz CT molecular complexity index is 486. The molecule has 0 fully saturated rings. The highest BCUT2D eigenvalue weighted by Crippen LogP contribution is 2.97. The van der Waals surface area contributed by atoms with Crippen molar-refractivity contribution in [3.8, 4) is 11.2 Å². The summed E-state index contributed by atoms with van der Waals surface area (Å²) in [5.74, 6) is 1.49. The third kappa shape index (κ3) is 9.64. The van der Waals surface area contributed by atoms with E-state index in [2.05, 4.69) is 0 Å². The molecule has 0 saturated heterocycles. The molecule has 0 amide bonds. The highest BCUT2D eigenvalue weighted by molar-refractivity contribution is 8.49. The number of halogens is 5. The zero-order chi connectivity index (χ0) is 15.2. The molecule has 0 atom stereocenters. The molecular formula is C13H15F5OS. The largest absolute Gasteiger partial charge is 0.377 e. The summed E-state index contributed by atoms with van der Waals surface area (Å²) in [6.45, 7) is 0.769. The Kier molecular flexibility index (Phi) is 4.72. The molecule has 0 unspecified atom stereocenters. The van der Waals surface area contributed by atoms with Gasteiger partial charge in [-0.1, -0.05) is 55.7 Å². The van der Waals surface area contributed by atoms with Crippen LogP contribution in [0.3, 0.4) is 0 Å². The van der Waals surface area contributed by atoms with Crippen molar-refractivity contribution in [2.45, 2.75) is 25.9 Å².